The molecular weight excluding hydrogens is 513 g/mol. The first kappa shape index (κ1) is 25.8. The summed E-state index contributed by atoms with van der Waals surface area (Å²) in [5.41, 5.74) is 0.566. The summed E-state index contributed by atoms with van der Waals surface area (Å²) >= 11 is 2.83. The van der Waals surface area contributed by atoms with Gasteiger partial charge < -0.3 is 0 Å². The summed E-state index contributed by atoms with van der Waals surface area (Å²) in [6, 6.07) is 12.3. The van der Waals surface area contributed by atoms with E-state index in [4.69, 9.17) is 9.47 Å². The molecule has 0 fully saturated rings. The zero-order valence-corrected chi connectivity index (χ0v) is 23.4. The number of carbonyl (C=O) groups excluding carboxylic acids is 2. The van der Waals surface area contributed by atoms with Crippen LogP contribution in [-0.4, -0.2) is 39.4 Å². The summed E-state index contributed by atoms with van der Waals surface area (Å²) in [7, 11) is 0. The van der Waals surface area contributed by atoms with Crippen molar-refractivity contribution >= 4 is 55.4 Å². The Morgan fingerprint density at radius 1 is 0.971 bits per heavy atom. The maximum absolute atomic E-state index is 12.7. The average Bonchev–Trinajstić information content (AvgIpc) is 3.18. The van der Waals surface area contributed by atoms with E-state index in [-0.39, 0.29) is 11.3 Å². The Balaban J connectivity index is 1.62. The summed E-state index contributed by atoms with van der Waals surface area (Å²) < 4.78 is 12.1. The fourth-order valence-electron chi connectivity index (χ4n) is 2.79. The second-order valence-corrected chi connectivity index (χ2v) is 12.1. The van der Waals surface area contributed by atoms with Crippen LogP contribution in [-0.2, 0) is 10.2 Å². The number of amides is 2. The molecule has 0 aliphatic heterocycles. The van der Waals surface area contributed by atoms with Crippen molar-refractivity contribution < 1.29 is 19.1 Å². The molecule has 7 nitrogen and oxygen atoms in total. The molecule has 34 heavy (non-hydrogen) atoms. The van der Waals surface area contributed by atoms with Gasteiger partial charge in [-0.2, -0.15) is 0 Å². The number of ether oxygens (including phenoxy) is 2. The Kier molecular flexibility index (Phi) is 7.73. The van der Waals surface area contributed by atoms with E-state index in [2.05, 4.69) is 36.4 Å². The molecule has 3 rings (SSSR count). The molecule has 0 aliphatic carbocycles. The molecule has 3 aromatic rings. The molecule has 0 saturated carbocycles. The van der Waals surface area contributed by atoms with E-state index in [0.717, 1.165) is 9.23 Å². The van der Waals surface area contributed by atoms with E-state index in [9.17, 15) is 9.59 Å². The first-order chi connectivity index (χ1) is 15.8. The topological polar surface area (TPSA) is 89.5 Å². The molecule has 2 aromatic carbocycles. The van der Waals surface area contributed by atoms with E-state index in [1.807, 2.05) is 20.8 Å². The summed E-state index contributed by atoms with van der Waals surface area (Å²) in [4.78, 5) is 30.0. The molecule has 180 valence electrons. The number of nitrogens with zero attached hydrogens (tertiary/aromatic N) is 1. The molecule has 1 heterocycles. The number of anilines is 2. The number of carbonyl (C=O) groups is 2. The number of benzene rings is 2. The molecular formula is C25H30AsN3O4S. The molecule has 9 heteroatoms. The zero-order chi connectivity index (χ0) is 25.1. The summed E-state index contributed by atoms with van der Waals surface area (Å²) in [5, 5.41) is 6.14. The average molecular weight is 544 g/mol. The van der Waals surface area contributed by atoms with Crippen LogP contribution in [0.25, 0.3) is 0 Å². The van der Waals surface area contributed by atoms with Gasteiger partial charge in [-0.05, 0) is 0 Å². The zero-order valence-electron chi connectivity index (χ0n) is 20.2. The molecule has 1 unspecified atom stereocenters. The third-order valence-electron chi connectivity index (χ3n) is 4.46. The van der Waals surface area contributed by atoms with Crippen LogP contribution < -0.4 is 19.7 Å². The van der Waals surface area contributed by atoms with Crippen LogP contribution in [0.5, 0.6) is 11.5 Å². The van der Waals surface area contributed by atoms with Gasteiger partial charge in [-0.3, -0.25) is 0 Å². The minimum atomic E-state index is -0.564. The quantitative estimate of drug-likeness (QED) is 0.438. The van der Waals surface area contributed by atoms with Crippen LogP contribution in [0, 0.1) is 0 Å². The van der Waals surface area contributed by atoms with Crippen LogP contribution in [0.4, 0.5) is 15.6 Å². The van der Waals surface area contributed by atoms with Crippen molar-refractivity contribution in [2.24, 2.45) is 0 Å². The number of rotatable bonds is 5. The number of hydrogen-bond donors (Lipinski definition) is 2. The first-order valence-electron chi connectivity index (χ1n) is 10.8. The van der Waals surface area contributed by atoms with Crippen molar-refractivity contribution in [2.75, 3.05) is 10.6 Å². The van der Waals surface area contributed by atoms with Gasteiger partial charge in [-0.25, -0.2) is 0 Å². The van der Waals surface area contributed by atoms with Crippen LogP contribution in [0.2, 0.25) is 0 Å². The molecule has 0 radical (unpaired) electrons. The SMILES string of the molecule is CC(C)(C)OC(=O)Nc1ccc(Oc2ccc(C(=O)Nc3ncc(C(C)(C)C)s3)cc2[AsH2])cc1. The first-order valence-corrected chi connectivity index (χ1v) is 12.8. The molecule has 2 amide bonds. The normalized spacial score (nSPS) is 11.6. The standard InChI is InChI=1S/C25H30AsN3O4S/c1-24(2,3)20-14-27-22(34-20)29-21(30)15-7-12-19(18(26)13-15)32-17-10-8-16(9-11-17)28-23(31)33-25(4,5)6/h7-14H,26H2,1-6H3,(H,28,31)(H,27,29,30). The molecule has 0 aliphatic rings. The third-order valence-corrected chi connectivity index (χ3v) is 6.75. The molecule has 1 atom stereocenters. The van der Waals surface area contributed by atoms with Gasteiger partial charge in [-0.1, -0.05) is 0 Å². The summed E-state index contributed by atoms with van der Waals surface area (Å²) in [6.07, 6.45) is 1.29. The van der Waals surface area contributed by atoms with Crippen molar-refractivity contribution in [1.82, 2.24) is 4.98 Å². The van der Waals surface area contributed by atoms with Crippen LogP contribution >= 0.6 is 11.3 Å². The summed E-state index contributed by atoms with van der Waals surface area (Å²) in [5.74, 6) is 1.06. The maximum atomic E-state index is 12.7. The Hall–Kier alpha value is -2.83. The van der Waals surface area contributed by atoms with Crippen LogP contribution in [0.1, 0.15) is 56.8 Å². The van der Waals surface area contributed by atoms with E-state index in [1.165, 1.54) is 28.2 Å². The number of thiazole rings is 1. The van der Waals surface area contributed by atoms with Gasteiger partial charge in [0.2, 0.25) is 0 Å². The van der Waals surface area contributed by atoms with Crippen molar-refractivity contribution in [1.29, 1.82) is 0 Å². The van der Waals surface area contributed by atoms with Gasteiger partial charge in [0.25, 0.3) is 0 Å². The van der Waals surface area contributed by atoms with Crippen molar-refractivity contribution in [3.05, 3.63) is 59.1 Å². The van der Waals surface area contributed by atoms with Gasteiger partial charge in [-0.15, -0.1) is 0 Å². The van der Waals surface area contributed by atoms with Crippen LogP contribution in [0.3, 0.4) is 0 Å². The van der Waals surface area contributed by atoms with Gasteiger partial charge >= 0.3 is 213 Å². The fourth-order valence-corrected chi connectivity index (χ4v) is 4.36. The molecule has 1 aromatic heterocycles. The fraction of sp³-hybridized carbons (Fsp3) is 0.320. The van der Waals surface area contributed by atoms with Crippen molar-refractivity contribution in [3.8, 4) is 11.5 Å². The van der Waals surface area contributed by atoms with Gasteiger partial charge in [0.05, 0.1) is 0 Å². The van der Waals surface area contributed by atoms with E-state index < -0.39 is 11.7 Å². The van der Waals surface area contributed by atoms with E-state index in [1.54, 1.807) is 48.7 Å². The molecule has 2 N–H and O–H groups in total. The Morgan fingerprint density at radius 3 is 2.21 bits per heavy atom. The number of hydrogen-bond acceptors (Lipinski definition) is 6. The molecule has 0 saturated heterocycles. The predicted octanol–water partition coefficient (Wildman–Crippen LogP) is 5.09. The second-order valence-electron chi connectivity index (χ2n) is 9.74. The van der Waals surface area contributed by atoms with Gasteiger partial charge in [0, 0.05) is 0 Å². The number of aromatic nitrogens is 1. The predicted molar refractivity (Wildman–Crippen MR) is 140 cm³/mol. The van der Waals surface area contributed by atoms with Crippen molar-refractivity contribution in [2.45, 2.75) is 52.6 Å². The molecule has 0 spiro atoms. The van der Waals surface area contributed by atoms with Gasteiger partial charge in [0.1, 0.15) is 0 Å². The monoisotopic (exact) mass is 543 g/mol. The third kappa shape index (κ3) is 7.34. The van der Waals surface area contributed by atoms with Gasteiger partial charge in [0.15, 0.2) is 0 Å². The Bertz CT molecular complexity index is 1180. The van der Waals surface area contributed by atoms with Crippen LogP contribution in [0.15, 0.2) is 48.7 Å². The van der Waals surface area contributed by atoms with E-state index in [0.29, 0.717) is 27.9 Å². The second kappa shape index (κ2) is 10.2. The summed E-state index contributed by atoms with van der Waals surface area (Å²) in [6.45, 7) is 11.8. The number of nitrogens with one attached hydrogen (secondary N) is 2. The Morgan fingerprint density at radius 2 is 1.65 bits per heavy atom. The molecule has 0 bridgehead atoms. The van der Waals surface area contributed by atoms with E-state index >= 15 is 0 Å². The minimum absolute atomic E-state index is 0.0112. The Labute approximate surface area is 212 Å². The van der Waals surface area contributed by atoms with Crippen molar-refractivity contribution in [3.63, 3.8) is 0 Å².